The minimum atomic E-state index is 0.217. The van der Waals surface area contributed by atoms with Gasteiger partial charge in [0.1, 0.15) is 0 Å². The monoisotopic (exact) mass is 341 g/mol. The standard InChI is InChI=1S/C17H18Cl3N/c1-11(2)17(12-6-8-13(18)9-7-12)21-10-14-15(19)4-3-5-16(14)20/h3-9,11,17,21H,10H2,1-2H3. The molecule has 0 fully saturated rings. The second-order valence-electron chi connectivity index (χ2n) is 5.35. The van der Waals surface area contributed by atoms with Crippen molar-refractivity contribution in [3.63, 3.8) is 0 Å². The molecule has 0 heterocycles. The van der Waals surface area contributed by atoms with Gasteiger partial charge in [-0.3, -0.25) is 0 Å². The highest BCUT2D eigenvalue weighted by molar-refractivity contribution is 6.36. The van der Waals surface area contributed by atoms with Gasteiger partial charge in [-0.05, 0) is 35.7 Å². The molecule has 21 heavy (non-hydrogen) atoms. The molecule has 0 spiro atoms. The van der Waals surface area contributed by atoms with Crippen molar-refractivity contribution in [3.05, 3.63) is 68.7 Å². The summed E-state index contributed by atoms with van der Waals surface area (Å²) in [5.74, 6) is 0.437. The van der Waals surface area contributed by atoms with Gasteiger partial charge in [-0.2, -0.15) is 0 Å². The Morgan fingerprint density at radius 3 is 2.00 bits per heavy atom. The predicted octanol–water partition coefficient (Wildman–Crippen LogP) is 6.13. The lowest BCUT2D eigenvalue weighted by molar-refractivity contribution is 0.411. The number of hydrogen-bond donors (Lipinski definition) is 1. The molecule has 4 heteroatoms. The fourth-order valence-electron chi connectivity index (χ4n) is 2.32. The van der Waals surface area contributed by atoms with Gasteiger partial charge in [0, 0.05) is 33.2 Å². The minimum absolute atomic E-state index is 0.217. The molecule has 1 unspecified atom stereocenters. The fourth-order valence-corrected chi connectivity index (χ4v) is 2.98. The Balaban J connectivity index is 2.16. The molecule has 2 aromatic rings. The Morgan fingerprint density at radius 1 is 0.905 bits per heavy atom. The number of hydrogen-bond acceptors (Lipinski definition) is 1. The van der Waals surface area contributed by atoms with E-state index in [0.29, 0.717) is 22.5 Å². The zero-order chi connectivity index (χ0) is 15.4. The van der Waals surface area contributed by atoms with Crippen molar-refractivity contribution in [2.24, 2.45) is 5.92 Å². The van der Waals surface area contributed by atoms with E-state index in [0.717, 1.165) is 10.6 Å². The van der Waals surface area contributed by atoms with Crippen LogP contribution >= 0.6 is 34.8 Å². The van der Waals surface area contributed by atoms with Crippen molar-refractivity contribution in [2.45, 2.75) is 26.4 Å². The SMILES string of the molecule is CC(C)C(NCc1c(Cl)cccc1Cl)c1ccc(Cl)cc1. The van der Waals surface area contributed by atoms with E-state index >= 15 is 0 Å². The maximum Gasteiger partial charge on any atom is 0.0465 e. The third kappa shape index (κ3) is 4.37. The normalized spacial score (nSPS) is 12.7. The van der Waals surface area contributed by atoms with Gasteiger partial charge >= 0.3 is 0 Å². The van der Waals surface area contributed by atoms with Crippen LogP contribution in [-0.2, 0) is 6.54 Å². The van der Waals surface area contributed by atoms with Crippen molar-refractivity contribution in [1.82, 2.24) is 5.32 Å². The summed E-state index contributed by atoms with van der Waals surface area (Å²) in [5, 5.41) is 5.66. The van der Waals surface area contributed by atoms with Gasteiger partial charge in [0.05, 0.1) is 0 Å². The molecule has 0 saturated heterocycles. The summed E-state index contributed by atoms with van der Waals surface area (Å²) >= 11 is 18.4. The van der Waals surface area contributed by atoms with Gasteiger partial charge in [-0.15, -0.1) is 0 Å². The lowest BCUT2D eigenvalue weighted by Crippen LogP contribution is -2.25. The molecule has 1 N–H and O–H groups in total. The Kier molecular flexibility index (Phi) is 5.95. The molecule has 0 saturated carbocycles. The first-order valence-electron chi connectivity index (χ1n) is 6.90. The van der Waals surface area contributed by atoms with Crippen LogP contribution in [0.3, 0.4) is 0 Å². The zero-order valence-corrected chi connectivity index (χ0v) is 14.3. The van der Waals surface area contributed by atoms with Crippen molar-refractivity contribution in [1.29, 1.82) is 0 Å². The Hall–Kier alpha value is -0.730. The summed E-state index contributed by atoms with van der Waals surface area (Å²) < 4.78 is 0. The summed E-state index contributed by atoms with van der Waals surface area (Å²) in [6, 6.07) is 13.7. The lowest BCUT2D eigenvalue weighted by Gasteiger charge is -2.23. The Labute approximate surface area is 141 Å². The molecule has 112 valence electrons. The molecular weight excluding hydrogens is 325 g/mol. The number of halogens is 3. The van der Waals surface area contributed by atoms with Crippen LogP contribution in [-0.4, -0.2) is 0 Å². The minimum Gasteiger partial charge on any atom is -0.306 e. The zero-order valence-electron chi connectivity index (χ0n) is 12.0. The van der Waals surface area contributed by atoms with E-state index in [1.165, 1.54) is 5.56 Å². The van der Waals surface area contributed by atoms with E-state index in [1.54, 1.807) is 0 Å². The molecule has 0 radical (unpaired) electrons. The van der Waals surface area contributed by atoms with Crippen LogP contribution in [0, 0.1) is 5.92 Å². The summed E-state index contributed by atoms with van der Waals surface area (Å²) in [6.45, 7) is 4.99. The van der Waals surface area contributed by atoms with Crippen molar-refractivity contribution in [2.75, 3.05) is 0 Å². The van der Waals surface area contributed by atoms with Gasteiger partial charge in [-0.25, -0.2) is 0 Å². The molecule has 2 aromatic carbocycles. The fraction of sp³-hybridized carbons (Fsp3) is 0.294. The first-order chi connectivity index (χ1) is 9.99. The molecule has 1 atom stereocenters. The summed E-state index contributed by atoms with van der Waals surface area (Å²) in [6.07, 6.45) is 0. The topological polar surface area (TPSA) is 12.0 Å². The first-order valence-corrected chi connectivity index (χ1v) is 8.04. The maximum absolute atomic E-state index is 6.22. The van der Waals surface area contributed by atoms with Crippen LogP contribution < -0.4 is 5.32 Å². The number of benzene rings is 2. The molecule has 2 rings (SSSR count). The summed E-state index contributed by atoms with van der Waals surface area (Å²) in [7, 11) is 0. The quantitative estimate of drug-likeness (QED) is 0.688. The molecule has 0 bridgehead atoms. The third-order valence-corrected chi connectivity index (χ3v) is 4.42. The van der Waals surface area contributed by atoms with Gasteiger partial charge in [0.25, 0.3) is 0 Å². The highest BCUT2D eigenvalue weighted by atomic mass is 35.5. The molecule has 0 aliphatic carbocycles. The molecule has 1 nitrogen and oxygen atoms in total. The van der Waals surface area contributed by atoms with E-state index < -0.39 is 0 Å². The van der Waals surface area contributed by atoms with E-state index in [-0.39, 0.29) is 6.04 Å². The third-order valence-electron chi connectivity index (χ3n) is 3.46. The van der Waals surface area contributed by atoms with Crippen LogP contribution in [0.1, 0.15) is 31.0 Å². The Morgan fingerprint density at radius 2 is 1.48 bits per heavy atom. The predicted molar refractivity (Wildman–Crippen MR) is 92.3 cm³/mol. The van der Waals surface area contributed by atoms with Gasteiger partial charge in [0.2, 0.25) is 0 Å². The van der Waals surface area contributed by atoms with Crippen molar-refractivity contribution in [3.8, 4) is 0 Å². The smallest absolute Gasteiger partial charge is 0.0465 e. The van der Waals surface area contributed by atoms with E-state index in [4.69, 9.17) is 34.8 Å². The number of nitrogens with one attached hydrogen (secondary N) is 1. The van der Waals surface area contributed by atoms with E-state index in [1.807, 2.05) is 42.5 Å². The molecule has 0 aromatic heterocycles. The molecule has 0 amide bonds. The summed E-state index contributed by atoms with van der Waals surface area (Å²) in [5.41, 5.74) is 2.14. The second kappa shape index (κ2) is 7.51. The molecule has 0 aliphatic heterocycles. The Bertz CT molecular complexity index is 573. The van der Waals surface area contributed by atoms with Crippen LogP contribution in [0.25, 0.3) is 0 Å². The maximum atomic E-state index is 6.22. The molecular formula is C17H18Cl3N. The van der Waals surface area contributed by atoms with Crippen LogP contribution in [0.4, 0.5) is 0 Å². The highest BCUT2D eigenvalue weighted by Crippen LogP contribution is 2.27. The number of rotatable bonds is 5. The molecule has 0 aliphatic rings. The van der Waals surface area contributed by atoms with Crippen LogP contribution in [0.15, 0.2) is 42.5 Å². The summed E-state index contributed by atoms with van der Waals surface area (Å²) in [4.78, 5) is 0. The van der Waals surface area contributed by atoms with E-state index in [9.17, 15) is 0 Å². The van der Waals surface area contributed by atoms with E-state index in [2.05, 4.69) is 19.2 Å². The largest absolute Gasteiger partial charge is 0.306 e. The van der Waals surface area contributed by atoms with Crippen molar-refractivity contribution < 1.29 is 0 Å². The average Bonchev–Trinajstić information content (AvgIpc) is 2.43. The van der Waals surface area contributed by atoms with Crippen LogP contribution in [0.5, 0.6) is 0 Å². The van der Waals surface area contributed by atoms with Crippen LogP contribution in [0.2, 0.25) is 15.1 Å². The highest BCUT2D eigenvalue weighted by Gasteiger charge is 2.16. The first kappa shape index (κ1) is 16.6. The lowest BCUT2D eigenvalue weighted by atomic mass is 9.96. The van der Waals surface area contributed by atoms with Gasteiger partial charge in [-0.1, -0.05) is 66.8 Å². The van der Waals surface area contributed by atoms with Gasteiger partial charge in [0.15, 0.2) is 0 Å². The second-order valence-corrected chi connectivity index (χ2v) is 6.61. The van der Waals surface area contributed by atoms with Crippen molar-refractivity contribution >= 4 is 34.8 Å². The van der Waals surface area contributed by atoms with Gasteiger partial charge < -0.3 is 5.32 Å². The average molecular weight is 343 g/mol.